The van der Waals surface area contributed by atoms with Gasteiger partial charge in [0.1, 0.15) is 0 Å². The van der Waals surface area contributed by atoms with Crippen molar-refractivity contribution in [2.75, 3.05) is 12.9 Å². The number of aromatic hydroxyl groups is 1. The maximum absolute atomic E-state index is 11.8. The molecular weight excluding hydrogens is 358 g/mol. The zero-order chi connectivity index (χ0) is 18.9. The molecule has 0 heterocycles. The van der Waals surface area contributed by atoms with E-state index in [1.807, 2.05) is 0 Å². The SMILES string of the molecule is COc1cccc(/C=N\NC(=O)CSCc2ccc([N+](=O)[O-])cc2)c1O. The Bertz CT molecular complexity index is 809. The highest BCUT2D eigenvalue weighted by Crippen LogP contribution is 2.27. The fraction of sp³-hybridized carbons (Fsp3) is 0.176. The molecule has 0 unspecified atom stereocenters. The number of ether oxygens (including phenoxy) is 1. The van der Waals surface area contributed by atoms with E-state index in [9.17, 15) is 20.0 Å². The van der Waals surface area contributed by atoms with Gasteiger partial charge in [0.25, 0.3) is 5.69 Å². The Morgan fingerprint density at radius 2 is 2.08 bits per heavy atom. The summed E-state index contributed by atoms with van der Waals surface area (Å²) in [6, 6.07) is 11.1. The van der Waals surface area contributed by atoms with Crippen molar-refractivity contribution < 1.29 is 19.6 Å². The van der Waals surface area contributed by atoms with E-state index in [0.29, 0.717) is 17.1 Å². The molecule has 0 radical (unpaired) electrons. The van der Waals surface area contributed by atoms with E-state index in [-0.39, 0.29) is 23.1 Å². The highest BCUT2D eigenvalue weighted by atomic mass is 32.2. The second-order valence-electron chi connectivity index (χ2n) is 5.11. The number of methoxy groups -OCH3 is 1. The second-order valence-corrected chi connectivity index (χ2v) is 6.09. The summed E-state index contributed by atoms with van der Waals surface area (Å²) in [6.07, 6.45) is 1.33. The van der Waals surface area contributed by atoms with Crippen LogP contribution in [-0.4, -0.2) is 35.0 Å². The third-order valence-electron chi connectivity index (χ3n) is 3.29. The van der Waals surface area contributed by atoms with Crippen LogP contribution in [0.4, 0.5) is 5.69 Å². The number of nitrogens with zero attached hydrogens (tertiary/aromatic N) is 2. The number of phenols is 1. The number of nitrogens with one attached hydrogen (secondary N) is 1. The lowest BCUT2D eigenvalue weighted by atomic mass is 10.2. The first kappa shape index (κ1) is 19.3. The quantitative estimate of drug-likeness (QED) is 0.416. The van der Waals surface area contributed by atoms with Crippen LogP contribution in [0.15, 0.2) is 47.6 Å². The molecule has 2 aromatic carbocycles. The third kappa shape index (κ3) is 5.49. The minimum Gasteiger partial charge on any atom is -0.504 e. The van der Waals surface area contributed by atoms with Crippen LogP contribution in [0.1, 0.15) is 11.1 Å². The molecule has 1 amide bonds. The molecule has 0 fully saturated rings. The predicted molar refractivity (Wildman–Crippen MR) is 99.7 cm³/mol. The fourth-order valence-corrected chi connectivity index (χ4v) is 2.77. The van der Waals surface area contributed by atoms with Crippen molar-refractivity contribution in [1.29, 1.82) is 0 Å². The number of carbonyl (C=O) groups is 1. The van der Waals surface area contributed by atoms with Gasteiger partial charge in [-0.2, -0.15) is 5.10 Å². The van der Waals surface area contributed by atoms with Gasteiger partial charge in [0, 0.05) is 23.4 Å². The van der Waals surface area contributed by atoms with Crippen molar-refractivity contribution in [1.82, 2.24) is 5.43 Å². The summed E-state index contributed by atoms with van der Waals surface area (Å²) in [4.78, 5) is 21.9. The minimum absolute atomic E-state index is 0.0339. The third-order valence-corrected chi connectivity index (χ3v) is 4.30. The lowest BCUT2D eigenvalue weighted by Crippen LogP contribution is -2.19. The zero-order valence-corrected chi connectivity index (χ0v) is 14.7. The van der Waals surface area contributed by atoms with E-state index >= 15 is 0 Å². The molecule has 136 valence electrons. The number of nitro groups is 1. The number of non-ortho nitro benzene ring substituents is 1. The summed E-state index contributed by atoms with van der Waals surface area (Å²) < 4.78 is 4.99. The first-order valence-corrected chi connectivity index (χ1v) is 8.65. The Morgan fingerprint density at radius 1 is 1.35 bits per heavy atom. The maximum Gasteiger partial charge on any atom is 0.269 e. The number of para-hydroxylation sites is 1. The topological polar surface area (TPSA) is 114 Å². The van der Waals surface area contributed by atoms with E-state index in [1.165, 1.54) is 37.2 Å². The molecular formula is C17H17N3O5S. The average molecular weight is 375 g/mol. The molecule has 0 aromatic heterocycles. The van der Waals surface area contributed by atoms with Crippen molar-refractivity contribution in [2.45, 2.75) is 5.75 Å². The van der Waals surface area contributed by atoms with Gasteiger partial charge in [-0.1, -0.05) is 18.2 Å². The summed E-state index contributed by atoms with van der Waals surface area (Å²) in [7, 11) is 1.44. The predicted octanol–water partition coefficient (Wildman–Crippen LogP) is 2.69. The molecule has 0 aliphatic rings. The fourth-order valence-electron chi connectivity index (χ4n) is 1.99. The largest absolute Gasteiger partial charge is 0.504 e. The number of phenolic OH excluding ortho intramolecular Hbond substituents is 1. The van der Waals surface area contributed by atoms with Crippen molar-refractivity contribution in [2.24, 2.45) is 5.10 Å². The van der Waals surface area contributed by atoms with E-state index < -0.39 is 4.92 Å². The number of amides is 1. The zero-order valence-electron chi connectivity index (χ0n) is 13.9. The molecule has 26 heavy (non-hydrogen) atoms. The highest BCUT2D eigenvalue weighted by Gasteiger charge is 2.06. The van der Waals surface area contributed by atoms with E-state index in [2.05, 4.69) is 10.5 Å². The minimum atomic E-state index is -0.456. The van der Waals surface area contributed by atoms with Crippen LogP contribution in [0.5, 0.6) is 11.5 Å². The molecule has 0 saturated carbocycles. The molecule has 0 atom stereocenters. The molecule has 0 aliphatic heterocycles. The van der Waals surface area contributed by atoms with Gasteiger partial charge in [0.05, 0.1) is 24.0 Å². The Kier molecular flexibility index (Phi) is 6.98. The number of hydrazone groups is 1. The summed E-state index contributed by atoms with van der Waals surface area (Å²) in [5.74, 6) is 0.694. The van der Waals surface area contributed by atoms with Gasteiger partial charge in [0.15, 0.2) is 11.5 Å². The van der Waals surface area contributed by atoms with Gasteiger partial charge in [-0.3, -0.25) is 14.9 Å². The summed E-state index contributed by atoms with van der Waals surface area (Å²) in [5.41, 5.74) is 3.72. The molecule has 0 saturated heterocycles. The van der Waals surface area contributed by atoms with Gasteiger partial charge in [0.2, 0.25) is 5.91 Å². The number of carbonyl (C=O) groups excluding carboxylic acids is 1. The Hall–Kier alpha value is -3.07. The van der Waals surface area contributed by atoms with Crippen molar-refractivity contribution in [3.05, 3.63) is 63.7 Å². The normalized spacial score (nSPS) is 10.7. The van der Waals surface area contributed by atoms with Crippen LogP contribution < -0.4 is 10.2 Å². The highest BCUT2D eigenvalue weighted by molar-refractivity contribution is 7.99. The van der Waals surface area contributed by atoms with Crippen LogP contribution >= 0.6 is 11.8 Å². The van der Waals surface area contributed by atoms with Crippen LogP contribution in [0, 0.1) is 10.1 Å². The van der Waals surface area contributed by atoms with Crippen LogP contribution in [0.3, 0.4) is 0 Å². The van der Waals surface area contributed by atoms with E-state index in [4.69, 9.17) is 4.74 Å². The average Bonchev–Trinajstić information content (AvgIpc) is 2.63. The van der Waals surface area contributed by atoms with Gasteiger partial charge < -0.3 is 9.84 Å². The molecule has 2 aromatic rings. The number of rotatable bonds is 8. The van der Waals surface area contributed by atoms with Gasteiger partial charge in [-0.25, -0.2) is 5.43 Å². The molecule has 2 rings (SSSR count). The lowest BCUT2D eigenvalue weighted by molar-refractivity contribution is -0.384. The van der Waals surface area contributed by atoms with Crippen LogP contribution in [0.25, 0.3) is 0 Å². The van der Waals surface area contributed by atoms with Crippen LogP contribution in [-0.2, 0) is 10.5 Å². The Morgan fingerprint density at radius 3 is 2.73 bits per heavy atom. The smallest absolute Gasteiger partial charge is 0.269 e. The number of thioether (sulfide) groups is 1. The Balaban J connectivity index is 1.78. The first-order chi connectivity index (χ1) is 12.5. The molecule has 0 aliphatic carbocycles. The van der Waals surface area contributed by atoms with Gasteiger partial charge >= 0.3 is 0 Å². The number of hydrogen-bond donors (Lipinski definition) is 2. The molecule has 0 spiro atoms. The standard InChI is InChI=1S/C17H17N3O5S/c1-25-15-4-2-3-13(17(15)22)9-18-19-16(21)11-26-10-12-5-7-14(8-6-12)20(23)24/h2-9,22H,10-11H2,1H3,(H,19,21)/b18-9-. The van der Waals surface area contributed by atoms with E-state index in [1.54, 1.807) is 30.3 Å². The van der Waals surface area contributed by atoms with E-state index in [0.717, 1.165) is 5.56 Å². The second kappa shape index (κ2) is 9.42. The summed E-state index contributed by atoms with van der Waals surface area (Å²) in [5, 5.41) is 24.3. The Labute approximate surface area is 154 Å². The maximum atomic E-state index is 11.8. The van der Waals surface area contributed by atoms with Crippen molar-refractivity contribution >= 4 is 29.6 Å². The lowest BCUT2D eigenvalue weighted by Gasteiger charge is -2.05. The van der Waals surface area contributed by atoms with Crippen molar-refractivity contribution in [3.63, 3.8) is 0 Å². The molecule has 9 heteroatoms. The first-order valence-electron chi connectivity index (χ1n) is 7.50. The number of nitro benzene ring substituents is 1. The molecule has 0 bridgehead atoms. The van der Waals surface area contributed by atoms with Gasteiger partial charge in [-0.05, 0) is 17.7 Å². The van der Waals surface area contributed by atoms with Gasteiger partial charge in [-0.15, -0.1) is 11.8 Å². The van der Waals surface area contributed by atoms with Crippen molar-refractivity contribution in [3.8, 4) is 11.5 Å². The summed E-state index contributed by atoms with van der Waals surface area (Å²) in [6.45, 7) is 0. The molecule has 8 nitrogen and oxygen atoms in total. The number of hydrogen-bond acceptors (Lipinski definition) is 7. The monoisotopic (exact) mass is 375 g/mol. The number of benzene rings is 2. The molecule has 2 N–H and O–H groups in total. The van der Waals surface area contributed by atoms with Crippen LogP contribution in [0.2, 0.25) is 0 Å². The summed E-state index contributed by atoms with van der Waals surface area (Å²) >= 11 is 1.36.